The van der Waals surface area contributed by atoms with Crippen LogP contribution >= 0.6 is 0 Å². The van der Waals surface area contributed by atoms with Crippen LogP contribution in [0.3, 0.4) is 0 Å². The minimum absolute atomic E-state index is 0.275. The number of alkyl halides is 3. The van der Waals surface area contributed by atoms with Gasteiger partial charge in [-0.25, -0.2) is 0 Å². The fourth-order valence-electron chi connectivity index (χ4n) is 1.61. The van der Waals surface area contributed by atoms with Crippen LogP contribution in [0.4, 0.5) is 13.2 Å². The van der Waals surface area contributed by atoms with E-state index >= 15 is 0 Å². The molecule has 0 aliphatic carbocycles. The lowest BCUT2D eigenvalue weighted by Gasteiger charge is -2.14. The lowest BCUT2D eigenvalue weighted by molar-refractivity contribution is -0.208. The number of aliphatic hydroxyl groups excluding tert-OH is 1. The molecule has 1 aromatic heterocycles. The summed E-state index contributed by atoms with van der Waals surface area (Å²) in [4.78, 5) is 0. The molecule has 1 N–H and O–H groups in total. The summed E-state index contributed by atoms with van der Waals surface area (Å²) in [6.07, 6.45) is -1.86. The van der Waals surface area contributed by atoms with E-state index in [-0.39, 0.29) is 5.92 Å². The summed E-state index contributed by atoms with van der Waals surface area (Å²) in [6.45, 7) is 3.50. The van der Waals surface area contributed by atoms with E-state index in [2.05, 4.69) is 5.10 Å². The molecule has 3 nitrogen and oxygen atoms in total. The molecule has 0 bridgehead atoms. The van der Waals surface area contributed by atoms with Gasteiger partial charge in [-0.15, -0.1) is 0 Å². The molecule has 0 aromatic carbocycles. The minimum Gasteiger partial charge on any atom is -0.382 e. The first-order valence-electron chi connectivity index (χ1n) is 5.61. The Morgan fingerprint density at radius 3 is 2.65 bits per heavy atom. The van der Waals surface area contributed by atoms with Gasteiger partial charge in [-0.1, -0.05) is 20.3 Å². The molecule has 0 amide bonds. The molecule has 1 heterocycles. The quantitative estimate of drug-likeness (QED) is 0.872. The van der Waals surface area contributed by atoms with Gasteiger partial charge in [0.25, 0.3) is 0 Å². The van der Waals surface area contributed by atoms with Crippen LogP contribution in [0.2, 0.25) is 0 Å². The van der Waals surface area contributed by atoms with Crippen molar-refractivity contribution in [2.45, 2.75) is 51.4 Å². The third-order valence-corrected chi connectivity index (χ3v) is 2.68. The molecule has 0 fully saturated rings. The Hall–Kier alpha value is -1.04. The summed E-state index contributed by atoms with van der Waals surface area (Å²) in [6, 6.07) is 0. The van der Waals surface area contributed by atoms with E-state index < -0.39 is 18.8 Å². The Bertz CT molecular complexity index is 349. The van der Waals surface area contributed by atoms with Crippen molar-refractivity contribution in [2.75, 3.05) is 0 Å². The van der Waals surface area contributed by atoms with E-state index in [0.29, 0.717) is 0 Å². The van der Waals surface area contributed by atoms with Gasteiger partial charge in [0.15, 0.2) is 6.10 Å². The van der Waals surface area contributed by atoms with Crippen LogP contribution in [0, 0.1) is 0 Å². The highest BCUT2D eigenvalue weighted by Gasteiger charge is 2.38. The first-order valence-corrected chi connectivity index (χ1v) is 5.61. The minimum atomic E-state index is -4.60. The number of hydrogen-bond donors (Lipinski definition) is 1. The molecule has 1 rings (SSSR count). The molecule has 1 unspecified atom stereocenters. The molecule has 98 valence electrons. The van der Waals surface area contributed by atoms with Crippen molar-refractivity contribution in [3.05, 3.63) is 18.0 Å². The molecule has 0 spiro atoms. The Balaban J connectivity index is 2.63. The van der Waals surface area contributed by atoms with Gasteiger partial charge in [-0.05, 0) is 17.9 Å². The summed E-state index contributed by atoms with van der Waals surface area (Å²) in [7, 11) is 0. The fraction of sp³-hybridized carbons (Fsp3) is 0.727. The lowest BCUT2D eigenvalue weighted by Crippen LogP contribution is -2.32. The summed E-state index contributed by atoms with van der Waals surface area (Å²) in [5, 5.41) is 12.7. The van der Waals surface area contributed by atoms with Crippen molar-refractivity contribution in [3.63, 3.8) is 0 Å². The largest absolute Gasteiger partial charge is 0.416 e. The Labute approximate surface area is 98.2 Å². The number of aliphatic hydroxyl groups is 1. The summed E-state index contributed by atoms with van der Waals surface area (Å²) >= 11 is 0. The molecule has 2 atom stereocenters. The third kappa shape index (κ3) is 4.03. The average molecular weight is 250 g/mol. The highest BCUT2D eigenvalue weighted by atomic mass is 19.4. The van der Waals surface area contributed by atoms with Crippen molar-refractivity contribution in [3.8, 4) is 0 Å². The van der Waals surface area contributed by atoms with Crippen LogP contribution in [-0.2, 0) is 6.54 Å². The van der Waals surface area contributed by atoms with Gasteiger partial charge in [0.1, 0.15) is 0 Å². The van der Waals surface area contributed by atoms with E-state index in [4.69, 9.17) is 5.11 Å². The summed E-state index contributed by atoms with van der Waals surface area (Å²) in [5.74, 6) is 0.275. The summed E-state index contributed by atoms with van der Waals surface area (Å²) < 4.78 is 37.5. The van der Waals surface area contributed by atoms with Gasteiger partial charge in [0.05, 0.1) is 12.7 Å². The van der Waals surface area contributed by atoms with Gasteiger partial charge >= 0.3 is 6.18 Å². The predicted octanol–water partition coefficient (Wildman–Crippen LogP) is 2.71. The van der Waals surface area contributed by atoms with Crippen molar-refractivity contribution < 1.29 is 18.3 Å². The normalized spacial score (nSPS) is 15.9. The van der Waals surface area contributed by atoms with Gasteiger partial charge in [0.2, 0.25) is 0 Å². The van der Waals surface area contributed by atoms with Gasteiger partial charge in [-0.3, -0.25) is 4.68 Å². The second kappa shape index (κ2) is 5.53. The first kappa shape index (κ1) is 14.0. The number of nitrogens with zero attached hydrogens (tertiary/aromatic N) is 2. The average Bonchev–Trinajstić information content (AvgIpc) is 2.65. The molecule has 6 heteroatoms. The Morgan fingerprint density at radius 1 is 1.47 bits per heavy atom. The Morgan fingerprint density at radius 2 is 2.12 bits per heavy atom. The number of halogens is 3. The van der Waals surface area contributed by atoms with E-state index in [1.165, 1.54) is 0 Å². The van der Waals surface area contributed by atoms with E-state index in [1.807, 2.05) is 13.8 Å². The topological polar surface area (TPSA) is 38.0 Å². The van der Waals surface area contributed by atoms with Crippen molar-refractivity contribution in [2.24, 2.45) is 0 Å². The van der Waals surface area contributed by atoms with Crippen LogP contribution in [0.25, 0.3) is 0 Å². The third-order valence-electron chi connectivity index (χ3n) is 2.68. The van der Waals surface area contributed by atoms with Crippen molar-refractivity contribution >= 4 is 0 Å². The predicted molar refractivity (Wildman–Crippen MR) is 57.6 cm³/mol. The van der Waals surface area contributed by atoms with Gasteiger partial charge in [0, 0.05) is 6.20 Å². The first-order chi connectivity index (χ1) is 7.84. The maximum atomic E-state index is 12.1. The molecule has 0 saturated heterocycles. The lowest BCUT2D eigenvalue weighted by atomic mass is 10.0. The van der Waals surface area contributed by atoms with Crippen molar-refractivity contribution in [1.29, 1.82) is 0 Å². The number of rotatable bonds is 5. The van der Waals surface area contributed by atoms with Crippen LogP contribution in [0.5, 0.6) is 0 Å². The zero-order chi connectivity index (χ0) is 13.1. The van der Waals surface area contributed by atoms with Crippen LogP contribution in [0.15, 0.2) is 12.4 Å². The second-order valence-electron chi connectivity index (χ2n) is 4.24. The van der Waals surface area contributed by atoms with Crippen molar-refractivity contribution in [1.82, 2.24) is 9.78 Å². The highest BCUT2D eigenvalue weighted by molar-refractivity contribution is 5.09. The molecule has 0 aliphatic rings. The Kier molecular flexibility index (Phi) is 4.56. The van der Waals surface area contributed by atoms with Crippen LogP contribution in [0.1, 0.15) is 38.2 Å². The second-order valence-corrected chi connectivity index (χ2v) is 4.24. The zero-order valence-corrected chi connectivity index (χ0v) is 9.91. The monoisotopic (exact) mass is 250 g/mol. The SMILES string of the molecule is CCCC(C)c1cnn(C[C@H](O)C(F)(F)F)c1. The molecular formula is C11H17F3N2O. The maximum Gasteiger partial charge on any atom is 0.416 e. The molecular weight excluding hydrogens is 233 g/mol. The standard InChI is InChI=1S/C11H17F3N2O/c1-3-4-8(2)9-5-15-16(6-9)7-10(17)11(12,13)14/h5-6,8,10,17H,3-4,7H2,1-2H3/t8?,10-/m0/s1. The van der Waals surface area contributed by atoms with Gasteiger partial charge in [-0.2, -0.15) is 18.3 Å². The maximum absolute atomic E-state index is 12.1. The smallest absolute Gasteiger partial charge is 0.382 e. The van der Waals surface area contributed by atoms with Crippen LogP contribution in [-0.4, -0.2) is 27.2 Å². The van der Waals surface area contributed by atoms with E-state index in [0.717, 1.165) is 23.1 Å². The van der Waals surface area contributed by atoms with E-state index in [9.17, 15) is 13.2 Å². The van der Waals surface area contributed by atoms with Gasteiger partial charge < -0.3 is 5.11 Å². The molecule has 0 radical (unpaired) electrons. The van der Waals surface area contributed by atoms with Crippen LogP contribution < -0.4 is 0 Å². The molecule has 0 aliphatic heterocycles. The molecule has 0 saturated carbocycles. The number of hydrogen-bond acceptors (Lipinski definition) is 2. The van der Waals surface area contributed by atoms with E-state index in [1.54, 1.807) is 12.4 Å². The highest BCUT2D eigenvalue weighted by Crippen LogP contribution is 2.23. The molecule has 1 aromatic rings. The number of aromatic nitrogens is 2. The molecule has 17 heavy (non-hydrogen) atoms. The summed E-state index contributed by atoms with van der Waals surface area (Å²) in [5.41, 5.74) is 0.904. The fourth-order valence-corrected chi connectivity index (χ4v) is 1.61. The zero-order valence-electron chi connectivity index (χ0n) is 9.91.